The van der Waals surface area contributed by atoms with E-state index in [1.165, 1.54) is 60.7 Å². The molecule has 0 atom stereocenters. The van der Waals surface area contributed by atoms with Gasteiger partial charge >= 0.3 is 0 Å². The maximum atomic E-state index is 15.0. The van der Waals surface area contributed by atoms with E-state index >= 15 is 0 Å². The Balaban J connectivity index is 1.50. The molecule has 0 unspecified atom stereocenters. The van der Waals surface area contributed by atoms with Crippen LogP contribution in [0.25, 0.3) is 33.0 Å². The Kier molecular flexibility index (Phi) is 13.0. The van der Waals surface area contributed by atoms with E-state index in [9.17, 15) is 50.7 Å². The minimum Gasteiger partial charge on any atom is -0.457 e. The molecule has 0 fully saturated rings. The number of benzene rings is 6. The minimum atomic E-state index is -5.72. The molecule has 0 saturated carbocycles. The van der Waals surface area contributed by atoms with Gasteiger partial charge in [0.2, 0.25) is 0 Å². The molecule has 6 rings (SSSR count). The van der Waals surface area contributed by atoms with Crippen molar-refractivity contribution in [2.75, 3.05) is 11.5 Å². The third-order valence-electron chi connectivity index (χ3n) is 10.7. The normalized spacial score (nSPS) is 13.3. The third-order valence-corrected chi connectivity index (χ3v) is 15.6. The van der Waals surface area contributed by atoms with Gasteiger partial charge in [-0.2, -0.15) is 10.5 Å². The minimum absolute atomic E-state index is 0.0337. The zero-order valence-electron chi connectivity index (χ0n) is 36.3. The summed E-state index contributed by atoms with van der Waals surface area (Å²) in [6, 6.07) is 27.9. The van der Waals surface area contributed by atoms with Gasteiger partial charge in [0.1, 0.15) is 54.5 Å². The van der Waals surface area contributed by atoms with Crippen LogP contribution in [0, 0.1) is 52.1 Å². The standard InChI is InChI=1S/C50H50F2N2O8S2/c1-30(2)13-14-35-21-36(50(55)43-23-34(39-9-7-11-46(51)44(39)26-53)16-19-41(43)40-10-8-12-47(52)45(40)27-54)17-20-48(35)62-37-18-15-33-22-38(63(56,57,58)28-31(3)4)25-49(42(33)24-37)64(59,60,61)29-32(5)6/h7-12,15-25,30-32H,13-14,28-29H2,1-6H3,(H2,56,57,58)(H2,59,60,61). The van der Waals surface area contributed by atoms with Crippen LogP contribution in [0.1, 0.15) is 80.6 Å². The number of nitriles is 2. The van der Waals surface area contributed by atoms with E-state index in [1.807, 2.05) is 26.0 Å². The SMILES string of the molecule is CC(C)CCc1cc(C(=O)c2cc(-c3cccc(F)c3C#N)ccc2-c2cccc(F)c2C#N)ccc1Oc1ccc2cc(S(=O)(O)(O)CC(C)C)cc(S(=O)(O)(O)CC(C)C)c2c1. The topological polar surface area (TPSA) is 189 Å². The molecule has 0 saturated heterocycles. The molecule has 0 radical (unpaired) electrons. The first-order valence-corrected chi connectivity index (χ1v) is 24.7. The molecule has 0 aliphatic carbocycles. The molecular formula is C50H50F2N2O8S2. The van der Waals surface area contributed by atoms with Crippen LogP contribution < -0.4 is 4.74 Å². The number of rotatable bonds is 15. The molecule has 64 heavy (non-hydrogen) atoms. The van der Waals surface area contributed by atoms with Crippen molar-refractivity contribution in [3.8, 4) is 45.9 Å². The molecule has 0 aliphatic heterocycles. The Labute approximate surface area is 371 Å². The highest BCUT2D eigenvalue weighted by Crippen LogP contribution is 2.44. The summed E-state index contributed by atoms with van der Waals surface area (Å²) in [5.74, 6) is -3.46. The van der Waals surface area contributed by atoms with Crippen LogP contribution in [0.15, 0.2) is 113 Å². The summed E-state index contributed by atoms with van der Waals surface area (Å²) >= 11 is 0. The van der Waals surface area contributed by atoms with Crippen LogP contribution in [-0.4, -0.2) is 43.9 Å². The number of nitrogens with zero attached hydrogens (tertiary/aromatic N) is 2. The number of aryl methyl sites for hydroxylation is 1. The number of hydrogen-bond acceptors (Lipinski definition) is 6. The largest absolute Gasteiger partial charge is 0.457 e. The lowest BCUT2D eigenvalue weighted by Crippen LogP contribution is -2.40. The highest BCUT2D eigenvalue weighted by molar-refractivity contribution is 8.11. The lowest BCUT2D eigenvalue weighted by Gasteiger charge is -2.37. The van der Waals surface area contributed by atoms with Crippen molar-refractivity contribution in [2.45, 2.75) is 64.2 Å². The van der Waals surface area contributed by atoms with Gasteiger partial charge in [-0.15, -0.1) is 0 Å². The summed E-state index contributed by atoms with van der Waals surface area (Å²) in [6.07, 6.45) is 1.09. The summed E-state index contributed by atoms with van der Waals surface area (Å²) in [5.41, 5.74) is 1.27. The average Bonchev–Trinajstić information content (AvgIpc) is 3.20. The van der Waals surface area contributed by atoms with Gasteiger partial charge in [-0.3, -0.25) is 4.79 Å². The van der Waals surface area contributed by atoms with Crippen LogP contribution in [0.4, 0.5) is 8.78 Å². The molecule has 0 aliphatic rings. The van der Waals surface area contributed by atoms with Crippen molar-refractivity contribution in [3.05, 3.63) is 143 Å². The number of ether oxygens (including phenoxy) is 1. The van der Waals surface area contributed by atoms with E-state index in [-0.39, 0.29) is 61.4 Å². The maximum absolute atomic E-state index is 15.0. The third kappa shape index (κ3) is 10.0. The van der Waals surface area contributed by atoms with Crippen molar-refractivity contribution in [3.63, 3.8) is 0 Å². The quantitative estimate of drug-likeness (QED) is 0.0722. The molecular weight excluding hydrogens is 859 g/mol. The molecule has 0 aromatic heterocycles. The average molecular weight is 909 g/mol. The van der Waals surface area contributed by atoms with E-state index in [0.717, 1.165) is 18.2 Å². The molecule has 4 N–H and O–H groups in total. The van der Waals surface area contributed by atoms with Gasteiger partial charge < -0.3 is 22.9 Å². The smallest absolute Gasteiger partial charge is 0.193 e. The Bertz CT molecular complexity index is 3060. The molecule has 334 valence electrons. The predicted octanol–water partition coefficient (Wildman–Crippen LogP) is 12.4. The van der Waals surface area contributed by atoms with Crippen molar-refractivity contribution < 1.29 is 44.9 Å². The monoisotopic (exact) mass is 908 g/mol. The van der Waals surface area contributed by atoms with Crippen LogP contribution in [0.3, 0.4) is 0 Å². The zero-order chi connectivity index (χ0) is 47.0. The van der Waals surface area contributed by atoms with Crippen LogP contribution in [0.5, 0.6) is 11.5 Å². The summed E-state index contributed by atoms with van der Waals surface area (Å²) in [5, 5.41) is 20.0. The van der Waals surface area contributed by atoms with Crippen molar-refractivity contribution >= 4 is 35.8 Å². The fraction of sp³-hybridized carbons (Fsp3) is 0.260. The number of halogens is 2. The molecule has 0 spiro atoms. The fourth-order valence-corrected chi connectivity index (χ4v) is 12.5. The Morgan fingerprint density at radius 3 is 1.89 bits per heavy atom. The number of carbonyl (C=O) groups is 1. The van der Waals surface area contributed by atoms with E-state index < -0.39 is 69.8 Å². The van der Waals surface area contributed by atoms with E-state index in [4.69, 9.17) is 4.74 Å². The molecule has 0 bridgehead atoms. The number of fused-ring (bicyclic) bond motifs is 1. The second-order valence-electron chi connectivity index (χ2n) is 17.5. The van der Waals surface area contributed by atoms with E-state index in [0.29, 0.717) is 29.7 Å². The first-order chi connectivity index (χ1) is 29.9. The van der Waals surface area contributed by atoms with Gasteiger partial charge in [-0.1, -0.05) is 84.0 Å². The second-order valence-corrected chi connectivity index (χ2v) is 23.1. The van der Waals surface area contributed by atoms with Crippen LogP contribution in [-0.2, 0) is 25.7 Å². The number of ketones is 1. The van der Waals surface area contributed by atoms with Gasteiger partial charge in [-0.05, 0) is 113 Å². The van der Waals surface area contributed by atoms with Gasteiger partial charge in [0, 0.05) is 27.6 Å². The van der Waals surface area contributed by atoms with Crippen LogP contribution in [0.2, 0.25) is 0 Å². The molecule has 6 aromatic carbocycles. The lowest BCUT2D eigenvalue weighted by molar-refractivity contribution is 0.103. The molecule has 6 aromatic rings. The van der Waals surface area contributed by atoms with E-state index in [1.54, 1.807) is 52.0 Å². The Morgan fingerprint density at radius 2 is 1.28 bits per heavy atom. The van der Waals surface area contributed by atoms with Gasteiger partial charge in [0.15, 0.2) is 5.78 Å². The van der Waals surface area contributed by atoms with Gasteiger partial charge in [0.05, 0.1) is 32.4 Å². The summed E-state index contributed by atoms with van der Waals surface area (Å²) in [4.78, 5) is 13.7. The zero-order valence-corrected chi connectivity index (χ0v) is 37.9. The summed E-state index contributed by atoms with van der Waals surface area (Å²) in [6.45, 7) is 10.6. The van der Waals surface area contributed by atoms with Gasteiger partial charge in [0.25, 0.3) is 0 Å². The summed E-state index contributed by atoms with van der Waals surface area (Å²) < 4.78 is 109. The number of hydrogen-bond donors (Lipinski definition) is 4. The highest BCUT2D eigenvalue weighted by Gasteiger charge is 2.40. The fourth-order valence-electron chi connectivity index (χ4n) is 7.92. The van der Waals surface area contributed by atoms with Gasteiger partial charge in [-0.25, -0.2) is 17.2 Å². The highest BCUT2D eigenvalue weighted by atomic mass is 32.3. The maximum Gasteiger partial charge on any atom is 0.193 e. The Morgan fingerprint density at radius 1 is 0.672 bits per heavy atom. The van der Waals surface area contributed by atoms with Crippen molar-refractivity contribution in [1.29, 1.82) is 10.5 Å². The van der Waals surface area contributed by atoms with Crippen molar-refractivity contribution in [1.82, 2.24) is 0 Å². The molecule has 0 amide bonds. The second kappa shape index (κ2) is 17.5. The molecule has 0 heterocycles. The molecule has 14 heteroatoms. The Hall–Kier alpha value is -5.97. The number of carbonyl (C=O) groups excluding carboxylic acids is 1. The summed E-state index contributed by atoms with van der Waals surface area (Å²) in [7, 11) is -11.3. The van der Waals surface area contributed by atoms with Crippen LogP contribution >= 0.6 is 0 Å². The predicted molar refractivity (Wildman–Crippen MR) is 246 cm³/mol. The van der Waals surface area contributed by atoms with Crippen molar-refractivity contribution in [2.24, 2.45) is 17.8 Å². The first-order valence-electron chi connectivity index (χ1n) is 20.6. The molecule has 10 nitrogen and oxygen atoms in total. The first kappa shape index (κ1) is 47.5. The lowest BCUT2D eigenvalue weighted by atomic mass is 9.87. The van der Waals surface area contributed by atoms with E-state index in [2.05, 4.69) is 0 Å².